The summed E-state index contributed by atoms with van der Waals surface area (Å²) in [5.41, 5.74) is 1.96. The van der Waals surface area contributed by atoms with E-state index in [1.807, 2.05) is 20.8 Å². The van der Waals surface area contributed by atoms with Crippen LogP contribution >= 0.6 is 0 Å². The monoisotopic (exact) mass is 398 g/mol. The van der Waals surface area contributed by atoms with Crippen molar-refractivity contribution in [3.05, 3.63) is 35.4 Å². The maximum Gasteiger partial charge on any atom is 0.315 e. The van der Waals surface area contributed by atoms with Gasteiger partial charge in [0, 0.05) is 30.2 Å². The number of rotatable bonds is 2. The quantitative estimate of drug-likeness (QED) is 0.470. The number of nitrogens with zero attached hydrogens (tertiary/aromatic N) is 1. The summed E-state index contributed by atoms with van der Waals surface area (Å²) in [6, 6.07) is 4.18. The van der Waals surface area contributed by atoms with E-state index in [1.54, 1.807) is 6.07 Å². The number of likely N-dealkylation sites (N-methyl/N-ethyl adjacent to an activating group) is 1. The molecule has 0 radical (unpaired) electrons. The van der Waals surface area contributed by atoms with Crippen LogP contribution in [-0.4, -0.2) is 48.0 Å². The van der Waals surface area contributed by atoms with Crippen molar-refractivity contribution in [1.82, 2.24) is 0 Å². The molecule has 5 rings (SSSR count). The molecule has 5 heteroatoms. The summed E-state index contributed by atoms with van der Waals surface area (Å²) >= 11 is 0. The highest BCUT2D eigenvalue weighted by Gasteiger charge is 2.67. The topological polar surface area (TPSA) is 55.8 Å². The minimum Gasteiger partial charge on any atom is -0.504 e. The van der Waals surface area contributed by atoms with E-state index >= 15 is 0 Å². The van der Waals surface area contributed by atoms with Crippen molar-refractivity contribution in [3.8, 4) is 11.5 Å². The number of likely N-dealkylation sites (tertiary alicyclic amines) is 1. The van der Waals surface area contributed by atoms with Gasteiger partial charge in [0.05, 0.1) is 24.4 Å². The molecule has 6 atom stereocenters. The van der Waals surface area contributed by atoms with Crippen molar-refractivity contribution in [3.63, 3.8) is 0 Å². The number of aromatic hydroxyl groups is 1. The van der Waals surface area contributed by atoms with E-state index in [2.05, 4.69) is 32.2 Å². The zero-order chi connectivity index (χ0) is 20.8. The number of piperidine rings is 1. The molecule has 1 N–H and O–H groups in total. The number of esters is 1. The number of carbonyl (C=O) groups is 1. The van der Waals surface area contributed by atoms with Crippen LogP contribution in [0.15, 0.2) is 24.3 Å². The molecule has 1 saturated heterocycles. The molecule has 1 spiro atoms. The van der Waals surface area contributed by atoms with Gasteiger partial charge in [0.15, 0.2) is 11.5 Å². The first-order chi connectivity index (χ1) is 13.6. The van der Waals surface area contributed by atoms with Crippen molar-refractivity contribution in [1.29, 1.82) is 0 Å². The molecule has 2 aliphatic carbocycles. The maximum atomic E-state index is 12.4. The van der Waals surface area contributed by atoms with Crippen LogP contribution in [0.25, 0.3) is 0 Å². The fraction of sp³-hybridized carbons (Fsp3) is 0.625. The first kappa shape index (κ1) is 19.0. The Morgan fingerprint density at radius 3 is 2.83 bits per heavy atom. The van der Waals surface area contributed by atoms with Crippen LogP contribution in [0.2, 0.25) is 0 Å². The lowest BCUT2D eigenvalue weighted by atomic mass is 9.52. The average Bonchev–Trinajstić information content (AvgIpc) is 3.02. The number of benzene rings is 1. The van der Waals surface area contributed by atoms with Gasteiger partial charge in [-0.25, -0.2) is 0 Å². The minimum atomic E-state index is -0.494. The van der Waals surface area contributed by atoms with E-state index in [0.29, 0.717) is 30.4 Å². The second kappa shape index (κ2) is 5.78. The van der Waals surface area contributed by atoms with Gasteiger partial charge in [-0.1, -0.05) is 25.1 Å². The van der Waals surface area contributed by atoms with Gasteiger partial charge in [-0.05, 0) is 32.4 Å². The fourth-order valence-electron chi connectivity index (χ4n) is 6.34. The lowest BCUT2D eigenvalue weighted by Crippen LogP contribution is -2.71. The summed E-state index contributed by atoms with van der Waals surface area (Å²) in [5.74, 6) is 1.46. The van der Waals surface area contributed by atoms with Crippen LogP contribution in [0, 0.1) is 17.3 Å². The SMILES string of the molecule is C[C@H]1C=C[C@H]2C3Cc4ccc(O)c5c4[C@@]2(CC[N@+]3(C)COC(=O)C(C)(C)C)[C@H]1O5. The standard InChI is InChI=1S/C24H31NO4/c1-14-6-8-16-17-12-15-7-9-18(26)20-19(15)24(16,21(14)29-20)10-11-25(17,5)13-28-22(27)23(2,3)4/h6-9,14,16-17,21H,10-13H2,1-5H3/p+1/t14-,16-,17?,21-,24-,25+/m0/s1. The third kappa shape index (κ3) is 2.40. The largest absolute Gasteiger partial charge is 0.504 e. The fourth-order valence-corrected chi connectivity index (χ4v) is 6.34. The number of phenolic OH excluding ortho intramolecular Hbond substituents is 1. The van der Waals surface area contributed by atoms with E-state index in [0.717, 1.165) is 23.9 Å². The predicted molar refractivity (Wildman–Crippen MR) is 110 cm³/mol. The number of hydrogen-bond acceptors (Lipinski definition) is 4. The smallest absolute Gasteiger partial charge is 0.315 e. The molecule has 1 aromatic rings. The Hall–Kier alpha value is -2.01. The summed E-state index contributed by atoms with van der Waals surface area (Å²) in [5, 5.41) is 10.5. The van der Waals surface area contributed by atoms with Crippen molar-refractivity contribution >= 4 is 5.97 Å². The van der Waals surface area contributed by atoms with Gasteiger partial charge in [0.2, 0.25) is 6.73 Å². The normalized spacial score (nSPS) is 38.9. The van der Waals surface area contributed by atoms with Crippen molar-refractivity contribution in [2.45, 2.75) is 58.1 Å². The van der Waals surface area contributed by atoms with Crippen LogP contribution in [0.1, 0.15) is 45.2 Å². The van der Waals surface area contributed by atoms with Crippen LogP contribution < -0.4 is 4.74 Å². The summed E-state index contributed by atoms with van der Waals surface area (Å²) in [6.07, 6.45) is 6.62. The van der Waals surface area contributed by atoms with E-state index in [4.69, 9.17) is 9.47 Å². The second-order valence-electron chi connectivity index (χ2n) is 10.8. The van der Waals surface area contributed by atoms with Gasteiger partial charge in [-0.2, -0.15) is 0 Å². The van der Waals surface area contributed by atoms with Crippen molar-refractivity contribution < 1.29 is 23.9 Å². The highest BCUT2D eigenvalue weighted by Crippen LogP contribution is 2.64. The Bertz CT molecular complexity index is 916. The summed E-state index contributed by atoms with van der Waals surface area (Å²) in [4.78, 5) is 12.4. The van der Waals surface area contributed by atoms with Gasteiger partial charge in [-0.15, -0.1) is 0 Å². The molecule has 5 nitrogen and oxygen atoms in total. The van der Waals surface area contributed by atoms with E-state index in [1.165, 1.54) is 11.1 Å². The van der Waals surface area contributed by atoms with Gasteiger partial charge >= 0.3 is 5.97 Å². The molecular formula is C24H32NO4+. The average molecular weight is 399 g/mol. The molecule has 2 heterocycles. The number of quaternary nitrogens is 1. The van der Waals surface area contributed by atoms with Gasteiger partial charge in [0.1, 0.15) is 12.1 Å². The molecular weight excluding hydrogens is 366 g/mol. The molecule has 1 aromatic carbocycles. The number of phenols is 1. The molecule has 0 amide bonds. The van der Waals surface area contributed by atoms with Gasteiger partial charge in [0.25, 0.3) is 0 Å². The maximum absolute atomic E-state index is 12.4. The predicted octanol–water partition coefficient (Wildman–Crippen LogP) is 3.53. The first-order valence-corrected chi connectivity index (χ1v) is 10.8. The minimum absolute atomic E-state index is 0.0632. The van der Waals surface area contributed by atoms with E-state index in [9.17, 15) is 9.90 Å². The molecule has 4 aliphatic rings. The summed E-state index contributed by atoms with van der Waals surface area (Å²) in [6.45, 7) is 9.26. The first-order valence-electron chi connectivity index (χ1n) is 10.8. The lowest BCUT2D eigenvalue weighted by molar-refractivity contribution is -0.958. The molecule has 2 aliphatic heterocycles. The molecule has 1 unspecified atom stereocenters. The molecule has 1 fully saturated rings. The third-order valence-electron chi connectivity index (χ3n) is 7.92. The zero-order valence-corrected chi connectivity index (χ0v) is 18.1. The van der Waals surface area contributed by atoms with Crippen LogP contribution in [0.3, 0.4) is 0 Å². The number of hydrogen-bond donors (Lipinski definition) is 1. The Morgan fingerprint density at radius 2 is 2.10 bits per heavy atom. The molecule has 0 aromatic heterocycles. The molecule has 156 valence electrons. The van der Waals surface area contributed by atoms with Crippen molar-refractivity contribution in [2.75, 3.05) is 20.3 Å². The highest BCUT2D eigenvalue weighted by atomic mass is 16.5. The third-order valence-corrected chi connectivity index (χ3v) is 7.92. The zero-order valence-electron chi connectivity index (χ0n) is 18.1. The van der Waals surface area contributed by atoms with Gasteiger partial charge < -0.3 is 14.6 Å². The summed E-state index contributed by atoms with van der Waals surface area (Å²) in [7, 11) is 2.23. The summed E-state index contributed by atoms with van der Waals surface area (Å²) < 4.78 is 13.0. The highest BCUT2D eigenvalue weighted by molar-refractivity contribution is 5.75. The number of carbonyl (C=O) groups excluding carboxylic acids is 1. The molecule has 29 heavy (non-hydrogen) atoms. The van der Waals surface area contributed by atoms with Crippen LogP contribution in [-0.2, 0) is 21.4 Å². The Balaban J connectivity index is 1.57. The van der Waals surface area contributed by atoms with E-state index in [-0.39, 0.29) is 23.2 Å². The number of ether oxygens (including phenoxy) is 2. The Morgan fingerprint density at radius 1 is 1.34 bits per heavy atom. The second-order valence-corrected chi connectivity index (χ2v) is 10.8. The Kier molecular flexibility index (Phi) is 3.78. The van der Waals surface area contributed by atoms with E-state index < -0.39 is 5.41 Å². The molecule has 2 bridgehead atoms. The molecule has 0 saturated carbocycles. The van der Waals surface area contributed by atoms with Gasteiger partial charge in [-0.3, -0.25) is 9.28 Å². The Labute approximate surface area is 172 Å². The van der Waals surface area contributed by atoms with Crippen LogP contribution in [0.4, 0.5) is 0 Å². The van der Waals surface area contributed by atoms with Crippen LogP contribution in [0.5, 0.6) is 11.5 Å². The lowest BCUT2D eigenvalue weighted by Gasteiger charge is -2.59. The van der Waals surface area contributed by atoms with Crippen molar-refractivity contribution in [2.24, 2.45) is 17.3 Å².